The quantitative estimate of drug-likeness (QED) is 0.376. The number of thioether (sulfide) groups is 1. The molecule has 3 aliphatic rings. The summed E-state index contributed by atoms with van der Waals surface area (Å²) in [5, 5.41) is 8.03. The van der Waals surface area contributed by atoms with Crippen molar-refractivity contribution in [2.75, 3.05) is 36.0 Å². The Morgan fingerprint density at radius 1 is 0.946 bits per heavy atom. The molecule has 1 aliphatic carbocycles. The van der Waals surface area contributed by atoms with Crippen molar-refractivity contribution >= 4 is 52.0 Å². The summed E-state index contributed by atoms with van der Waals surface area (Å²) in [5.74, 6) is 1.72. The number of aromatic nitrogens is 4. The van der Waals surface area contributed by atoms with E-state index in [1.165, 1.54) is 31.0 Å². The molecule has 0 spiro atoms. The molecule has 0 unspecified atom stereocenters. The maximum Gasteiger partial charge on any atom is 0.263 e. The number of nitrogens with one attached hydrogen (secondary N) is 1. The van der Waals surface area contributed by atoms with Gasteiger partial charge in [0, 0.05) is 49.7 Å². The molecule has 3 aromatic rings. The van der Waals surface area contributed by atoms with Gasteiger partial charge >= 0.3 is 0 Å². The minimum atomic E-state index is -0.142. The summed E-state index contributed by atoms with van der Waals surface area (Å²) in [6, 6.07) is 12.5. The average Bonchev–Trinajstić information content (AvgIpc) is 3.49. The van der Waals surface area contributed by atoms with E-state index in [2.05, 4.69) is 41.9 Å². The number of carbonyl (C=O) groups excluding carboxylic acids is 1. The molecule has 2 saturated heterocycles. The zero-order valence-electron chi connectivity index (χ0n) is 20.5. The lowest BCUT2D eigenvalue weighted by molar-refractivity contribution is -0.115. The van der Waals surface area contributed by atoms with E-state index in [0.717, 1.165) is 67.6 Å². The van der Waals surface area contributed by atoms with Crippen LogP contribution in [0.2, 0.25) is 0 Å². The van der Waals surface area contributed by atoms with Gasteiger partial charge < -0.3 is 15.1 Å². The van der Waals surface area contributed by atoms with E-state index in [4.69, 9.17) is 17.3 Å². The van der Waals surface area contributed by atoms with Crippen molar-refractivity contribution in [1.29, 1.82) is 0 Å². The van der Waals surface area contributed by atoms with Crippen LogP contribution in [0.5, 0.6) is 0 Å². The summed E-state index contributed by atoms with van der Waals surface area (Å²) in [6.45, 7) is 3.27. The molecule has 1 N–H and O–H groups in total. The first kappa shape index (κ1) is 24.1. The number of hydrogen-bond donors (Lipinski definition) is 1. The van der Waals surface area contributed by atoms with Crippen LogP contribution in [-0.4, -0.2) is 56.2 Å². The summed E-state index contributed by atoms with van der Waals surface area (Å²) in [7, 11) is 0. The largest absolute Gasteiger partial charge is 0.353 e. The Morgan fingerprint density at radius 3 is 2.32 bits per heavy atom. The molecule has 0 atom stereocenters. The summed E-state index contributed by atoms with van der Waals surface area (Å²) < 4.78 is 2.76. The lowest BCUT2D eigenvalue weighted by Crippen LogP contribution is -2.48. The van der Waals surface area contributed by atoms with E-state index >= 15 is 0 Å². The minimum Gasteiger partial charge on any atom is -0.353 e. The van der Waals surface area contributed by atoms with Crippen molar-refractivity contribution in [3.63, 3.8) is 0 Å². The van der Waals surface area contributed by atoms with Gasteiger partial charge in [-0.3, -0.25) is 4.79 Å². The molecule has 190 valence electrons. The highest BCUT2D eigenvalue weighted by Crippen LogP contribution is 2.40. The van der Waals surface area contributed by atoms with Crippen molar-refractivity contribution < 1.29 is 4.79 Å². The smallest absolute Gasteiger partial charge is 0.263 e. The van der Waals surface area contributed by atoms with E-state index in [1.54, 1.807) is 12.4 Å². The van der Waals surface area contributed by atoms with E-state index < -0.39 is 0 Å². The first-order valence-electron chi connectivity index (χ1n) is 12.9. The maximum absolute atomic E-state index is 12.7. The summed E-state index contributed by atoms with van der Waals surface area (Å²) in [4.78, 5) is 26.8. The van der Waals surface area contributed by atoms with Crippen LogP contribution in [0.25, 0.3) is 17.3 Å². The fourth-order valence-corrected chi connectivity index (χ4v) is 6.43. The molecule has 2 aromatic heterocycles. The van der Waals surface area contributed by atoms with Gasteiger partial charge in [-0.1, -0.05) is 73.6 Å². The Balaban J connectivity index is 1.44. The number of amides is 1. The lowest BCUT2D eigenvalue weighted by Gasteiger charge is -2.37. The van der Waals surface area contributed by atoms with Crippen LogP contribution in [0.1, 0.15) is 43.7 Å². The SMILES string of the molecule is O=C1NC(=S)S/C1=C\c1c(-c2ccccc2)nn(C2CCCCC2)c1N1CCN(c2ncccn2)CC1. The van der Waals surface area contributed by atoms with Gasteiger partial charge in [-0.25, -0.2) is 14.6 Å². The number of rotatable bonds is 5. The number of piperazine rings is 1. The summed E-state index contributed by atoms with van der Waals surface area (Å²) in [6.07, 6.45) is 11.5. The van der Waals surface area contributed by atoms with E-state index in [-0.39, 0.29) is 5.91 Å². The van der Waals surface area contributed by atoms with Crippen LogP contribution in [-0.2, 0) is 4.79 Å². The molecule has 6 rings (SSSR count). The number of nitrogens with zero attached hydrogens (tertiary/aromatic N) is 6. The van der Waals surface area contributed by atoms with Crippen LogP contribution in [0.3, 0.4) is 0 Å². The summed E-state index contributed by atoms with van der Waals surface area (Å²) >= 11 is 6.60. The Morgan fingerprint density at radius 2 is 1.65 bits per heavy atom. The van der Waals surface area contributed by atoms with E-state index in [0.29, 0.717) is 15.3 Å². The van der Waals surface area contributed by atoms with Gasteiger partial charge in [-0.2, -0.15) is 5.10 Å². The first-order chi connectivity index (χ1) is 18.2. The van der Waals surface area contributed by atoms with Gasteiger partial charge in [0.25, 0.3) is 5.91 Å². The Labute approximate surface area is 226 Å². The number of hydrogen-bond acceptors (Lipinski definition) is 8. The van der Waals surface area contributed by atoms with Crippen molar-refractivity contribution in [1.82, 2.24) is 25.1 Å². The van der Waals surface area contributed by atoms with Crippen LogP contribution >= 0.6 is 24.0 Å². The van der Waals surface area contributed by atoms with Gasteiger partial charge in [-0.05, 0) is 25.0 Å². The molecule has 0 bridgehead atoms. The third kappa shape index (κ3) is 5.00. The van der Waals surface area contributed by atoms with E-state index in [1.807, 2.05) is 30.3 Å². The second-order valence-corrected chi connectivity index (χ2v) is 11.3. The Kier molecular flexibility index (Phi) is 6.93. The highest BCUT2D eigenvalue weighted by Gasteiger charge is 2.32. The zero-order chi connectivity index (χ0) is 25.2. The van der Waals surface area contributed by atoms with Crippen molar-refractivity contribution in [3.05, 3.63) is 59.3 Å². The van der Waals surface area contributed by atoms with Crippen molar-refractivity contribution in [3.8, 4) is 11.3 Å². The molecule has 10 heteroatoms. The standard InChI is InChI=1S/C27H29N7OS2/c35-24-22(37-27(36)30-24)18-21-23(19-8-3-1-4-9-19)31-34(20-10-5-2-6-11-20)25(21)32-14-16-33(17-15-32)26-28-12-7-13-29-26/h1,3-4,7-9,12-13,18,20H,2,5-6,10-11,14-17H2,(H,30,35,36)/b22-18-. The summed E-state index contributed by atoms with van der Waals surface area (Å²) in [5.41, 5.74) is 2.95. The topological polar surface area (TPSA) is 79.2 Å². The molecule has 8 nitrogen and oxygen atoms in total. The second-order valence-electron chi connectivity index (χ2n) is 9.56. The van der Waals surface area contributed by atoms with E-state index in [9.17, 15) is 4.79 Å². The molecular formula is C27H29N7OS2. The Hall–Kier alpha value is -3.24. The van der Waals surface area contributed by atoms with Gasteiger partial charge in [0.1, 0.15) is 15.8 Å². The monoisotopic (exact) mass is 531 g/mol. The second kappa shape index (κ2) is 10.6. The van der Waals surface area contributed by atoms with Crippen LogP contribution < -0.4 is 15.1 Å². The number of carbonyl (C=O) groups is 1. The molecular weight excluding hydrogens is 502 g/mol. The highest BCUT2D eigenvalue weighted by atomic mass is 32.2. The zero-order valence-corrected chi connectivity index (χ0v) is 22.2. The molecule has 1 amide bonds. The normalized spacial score (nSPS) is 20.1. The van der Waals surface area contributed by atoms with Gasteiger partial charge in [0.05, 0.1) is 10.9 Å². The molecule has 3 fully saturated rings. The number of benzene rings is 1. The van der Waals surface area contributed by atoms with Gasteiger partial charge in [-0.15, -0.1) is 0 Å². The minimum absolute atomic E-state index is 0.142. The maximum atomic E-state index is 12.7. The van der Waals surface area contributed by atoms with Crippen LogP contribution in [0, 0.1) is 0 Å². The highest BCUT2D eigenvalue weighted by molar-refractivity contribution is 8.26. The number of anilines is 2. The molecule has 2 aliphatic heterocycles. The molecule has 1 aromatic carbocycles. The van der Waals surface area contributed by atoms with Crippen LogP contribution in [0.15, 0.2) is 53.7 Å². The molecule has 4 heterocycles. The molecule has 0 radical (unpaired) electrons. The molecule has 37 heavy (non-hydrogen) atoms. The van der Waals surface area contributed by atoms with Crippen molar-refractivity contribution in [2.24, 2.45) is 0 Å². The molecule has 1 saturated carbocycles. The van der Waals surface area contributed by atoms with Crippen molar-refractivity contribution in [2.45, 2.75) is 38.1 Å². The average molecular weight is 532 g/mol. The predicted octanol–water partition coefficient (Wildman–Crippen LogP) is 4.66. The number of thiocarbonyl (C=S) groups is 1. The fraction of sp³-hybridized carbons (Fsp3) is 0.370. The fourth-order valence-electron chi connectivity index (χ4n) is 5.40. The third-order valence-corrected chi connectivity index (χ3v) is 8.38. The lowest BCUT2D eigenvalue weighted by atomic mass is 9.95. The first-order valence-corrected chi connectivity index (χ1v) is 14.1. The van der Waals surface area contributed by atoms with Gasteiger partial charge in [0.15, 0.2) is 0 Å². The third-order valence-electron chi connectivity index (χ3n) is 7.22. The Bertz CT molecular complexity index is 1310. The van der Waals surface area contributed by atoms with Crippen LogP contribution in [0.4, 0.5) is 11.8 Å². The predicted molar refractivity (Wildman–Crippen MR) is 153 cm³/mol. The van der Waals surface area contributed by atoms with Gasteiger partial charge in [0.2, 0.25) is 5.95 Å².